The first kappa shape index (κ1) is 19.1. The average Bonchev–Trinajstić information content (AvgIpc) is 2.43. The van der Waals surface area contributed by atoms with Crippen molar-refractivity contribution < 1.29 is 0 Å². The lowest BCUT2D eigenvalue weighted by Crippen LogP contribution is -2.38. The van der Waals surface area contributed by atoms with Crippen molar-refractivity contribution in [2.75, 3.05) is 20.1 Å². The molecule has 1 aromatic heterocycles. The Labute approximate surface area is 139 Å². The summed E-state index contributed by atoms with van der Waals surface area (Å²) < 4.78 is 0. The molecule has 0 amide bonds. The van der Waals surface area contributed by atoms with Crippen LogP contribution in [0.4, 0.5) is 0 Å². The first-order valence-electron chi connectivity index (χ1n) is 7.12. The third-order valence-corrected chi connectivity index (χ3v) is 3.12. The lowest BCUT2D eigenvalue weighted by molar-refractivity contribution is 0.682. The maximum Gasteiger partial charge on any atom is 0.190 e. The third kappa shape index (κ3) is 7.67. The van der Waals surface area contributed by atoms with Crippen LogP contribution < -0.4 is 10.6 Å². The van der Waals surface area contributed by atoms with Crippen molar-refractivity contribution in [3.8, 4) is 0 Å². The molecule has 1 aromatic rings. The summed E-state index contributed by atoms with van der Waals surface area (Å²) in [5.74, 6) is 0.891. The van der Waals surface area contributed by atoms with Crippen molar-refractivity contribution >= 4 is 29.9 Å². The molecular weight excluding hydrogens is 363 g/mol. The smallest absolute Gasteiger partial charge is 0.190 e. The normalized spacial score (nSPS) is 10.8. The summed E-state index contributed by atoms with van der Waals surface area (Å²) in [5.41, 5.74) is 2.58. The van der Waals surface area contributed by atoms with E-state index in [0.717, 1.165) is 25.5 Å². The van der Waals surface area contributed by atoms with Crippen LogP contribution in [0.5, 0.6) is 0 Å². The highest BCUT2D eigenvalue weighted by molar-refractivity contribution is 14.0. The summed E-state index contributed by atoms with van der Waals surface area (Å²) in [5, 5.41) is 6.67. The van der Waals surface area contributed by atoms with Crippen molar-refractivity contribution in [1.82, 2.24) is 15.6 Å². The Kier molecular flexibility index (Phi) is 11.4. The van der Waals surface area contributed by atoms with Gasteiger partial charge in [-0.05, 0) is 37.0 Å². The molecule has 0 aliphatic rings. The van der Waals surface area contributed by atoms with E-state index < -0.39 is 0 Å². The Morgan fingerprint density at radius 2 is 2.00 bits per heavy atom. The van der Waals surface area contributed by atoms with E-state index in [1.54, 1.807) is 0 Å². The number of unbranched alkanes of at least 4 members (excludes halogenated alkanes) is 2. The zero-order valence-electron chi connectivity index (χ0n) is 12.8. The molecule has 0 fully saturated rings. The van der Waals surface area contributed by atoms with Gasteiger partial charge in [0, 0.05) is 32.5 Å². The maximum atomic E-state index is 4.22. The van der Waals surface area contributed by atoms with Crippen LogP contribution in [-0.4, -0.2) is 31.1 Å². The van der Waals surface area contributed by atoms with Crippen molar-refractivity contribution in [2.24, 2.45) is 4.99 Å². The molecule has 0 atom stereocenters. The molecule has 0 radical (unpaired) electrons. The Morgan fingerprint density at radius 1 is 1.25 bits per heavy atom. The second-order valence-electron chi connectivity index (χ2n) is 4.69. The largest absolute Gasteiger partial charge is 0.356 e. The minimum Gasteiger partial charge on any atom is -0.356 e. The number of nitrogens with one attached hydrogen (secondary N) is 2. The molecule has 20 heavy (non-hydrogen) atoms. The van der Waals surface area contributed by atoms with Gasteiger partial charge in [0.25, 0.3) is 0 Å². The van der Waals surface area contributed by atoms with Gasteiger partial charge in [-0.3, -0.25) is 9.98 Å². The minimum absolute atomic E-state index is 0. The van der Waals surface area contributed by atoms with Gasteiger partial charge in [-0.2, -0.15) is 0 Å². The number of hydrogen-bond acceptors (Lipinski definition) is 2. The van der Waals surface area contributed by atoms with Gasteiger partial charge in [-0.1, -0.05) is 19.8 Å². The summed E-state index contributed by atoms with van der Waals surface area (Å²) in [4.78, 5) is 8.33. The summed E-state index contributed by atoms with van der Waals surface area (Å²) in [7, 11) is 1.81. The molecular formula is C15H27IN4. The number of pyridine rings is 1. The van der Waals surface area contributed by atoms with Gasteiger partial charge in [-0.25, -0.2) is 0 Å². The highest BCUT2D eigenvalue weighted by Gasteiger charge is 1.99. The molecule has 0 aliphatic carbocycles. The van der Waals surface area contributed by atoms with Gasteiger partial charge in [0.05, 0.1) is 0 Å². The number of aryl methyl sites for hydroxylation is 1. The molecule has 0 aromatic carbocycles. The van der Waals surface area contributed by atoms with Crippen LogP contribution in [0.15, 0.2) is 23.5 Å². The third-order valence-electron chi connectivity index (χ3n) is 3.12. The summed E-state index contributed by atoms with van der Waals surface area (Å²) >= 11 is 0. The molecule has 0 unspecified atom stereocenters. The molecule has 2 N–H and O–H groups in total. The van der Waals surface area contributed by atoms with Crippen LogP contribution >= 0.6 is 24.0 Å². The van der Waals surface area contributed by atoms with Gasteiger partial charge in [0.2, 0.25) is 0 Å². The zero-order chi connectivity index (χ0) is 13.9. The standard InChI is InChI=1S/C15H26N4.HI/c1-4-5-6-9-18-15(16-3)19-11-8-14-7-10-17-12-13(14)2;/h7,10,12H,4-6,8-9,11H2,1-3H3,(H2,16,18,19);1H. The Bertz CT molecular complexity index is 393. The predicted molar refractivity (Wildman–Crippen MR) is 97.0 cm³/mol. The lowest BCUT2D eigenvalue weighted by Gasteiger charge is -2.12. The van der Waals surface area contributed by atoms with Crippen molar-refractivity contribution in [2.45, 2.75) is 39.5 Å². The fourth-order valence-corrected chi connectivity index (χ4v) is 1.90. The van der Waals surface area contributed by atoms with Crippen molar-refractivity contribution in [3.63, 3.8) is 0 Å². The number of rotatable bonds is 7. The maximum absolute atomic E-state index is 4.22. The molecule has 114 valence electrons. The summed E-state index contributed by atoms with van der Waals surface area (Å²) in [6.45, 7) is 6.18. The molecule has 0 saturated carbocycles. The van der Waals surface area contributed by atoms with Crippen LogP contribution in [0.2, 0.25) is 0 Å². The van der Waals surface area contributed by atoms with E-state index >= 15 is 0 Å². The fraction of sp³-hybridized carbons (Fsp3) is 0.600. The number of aromatic nitrogens is 1. The van der Waals surface area contributed by atoms with Gasteiger partial charge >= 0.3 is 0 Å². The molecule has 4 nitrogen and oxygen atoms in total. The molecule has 0 bridgehead atoms. The van der Waals surface area contributed by atoms with Gasteiger partial charge < -0.3 is 10.6 Å². The monoisotopic (exact) mass is 390 g/mol. The first-order valence-corrected chi connectivity index (χ1v) is 7.12. The van der Waals surface area contributed by atoms with E-state index in [-0.39, 0.29) is 24.0 Å². The average molecular weight is 390 g/mol. The topological polar surface area (TPSA) is 49.3 Å². The van der Waals surface area contributed by atoms with E-state index in [0.29, 0.717) is 0 Å². The quantitative estimate of drug-likeness (QED) is 0.326. The molecule has 1 rings (SSSR count). The highest BCUT2D eigenvalue weighted by atomic mass is 127. The van der Waals surface area contributed by atoms with E-state index in [9.17, 15) is 0 Å². The Balaban J connectivity index is 0.00000361. The number of hydrogen-bond donors (Lipinski definition) is 2. The van der Waals surface area contributed by atoms with E-state index in [1.165, 1.54) is 30.4 Å². The van der Waals surface area contributed by atoms with Gasteiger partial charge in [0.15, 0.2) is 5.96 Å². The second kappa shape index (κ2) is 11.9. The van der Waals surface area contributed by atoms with Gasteiger partial charge in [0.1, 0.15) is 0 Å². The molecule has 0 saturated heterocycles. The van der Waals surface area contributed by atoms with Gasteiger partial charge in [-0.15, -0.1) is 24.0 Å². The number of nitrogens with zero attached hydrogens (tertiary/aromatic N) is 2. The Hall–Kier alpha value is -0.850. The van der Waals surface area contributed by atoms with E-state index in [1.807, 2.05) is 19.4 Å². The molecule has 5 heteroatoms. The second-order valence-corrected chi connectivity index (χ2v) is 4.69. The summed E-state index contributed by atoms with van der Waals surface area (Å²) in [6.07, 6.45) is 8.45. The first-order chi connectivity index (χ1) is 9.27. The summed E-state index contributed by atoms with van der Waals surface area (Å²) in [6, 6.07) is 2.08. The molecule has 0 spiro atoms. The fourth-order valence-electron chi connectivity index (χ4n) is 1.90. The van der Waals surface area contributed by atoms with Crippen LogP contribution in [0.25, 0.3) is 0 Å². The SMILES string of the molecule is CCCCCNC(=NC)NCCc1ccncc1C.I. The minimum atomic E-state index is 0. The zero-order valence-corrected chi connectivity index (χ0v) is 15.1. The molecule has 0 aliphatic heterocycles. The number of halogens is 1. The Morgan fingerprint density at radius 3 is 2.65 bits per heavy atom. The number of aliphatic imine (C=N–C) groups is 1. The van der Waals surface area contributed by atoms with Crippen LogP contribution in [0, 0.1) is 6.92 Å². The lowest BCUT2D eigenvalue weighted by atomic mass is 10.1. The van der Waals surface area contributed by atoms with Crippen molar-refractivity contribution in [3.05, 3.63) is 29.6 Å². The highest BCUT2D eigenvalue weighted by Crippen LogP contribution is 2.04. The van der Waals surface area contributed by atoms with E-state index in [4.69, 9.17) is 0 Å². The van der Waals surface area contributed by atoms with Crippen molar-refractivity contribution in [1.29, 1.82) is 0 Å². The number of guanidine groups is 1. The van der Waals surface area contributed by atoms with Crippen LogP contribution in [-0.2, 0) is 6.42 Å². The van der Waals surface area contributed by atoms with Crippen LogP contribution in [0.3, 0.4) is 0 Å². The predicted octanol–water partition coefficient (Wildman–Crippen LogP) is 2.91. The van der Waals surface area contributed by atoms with Crippen LogP contribution in [0.1, 0.15) is 37.3 Å². The molecule has 1 heterocycles. The van der Waals surface area contributed by atoms with E-state index in [2.05, 4.69) is 40.5 Å².